The second kappa shape index (κ2) is 13.8. The number of ketones is 1. The third-order valence-electron chi connectivity index (χ3n) is 5.42. The van der Waals surface area contributed by atoms with Gasteiger partial charge in [0.2, 0.25) is 5.91 Å². The Labute approximate surface area is 197 Å². The fourth-order valence-corrected chi connectivity index (χ4v) is 2.97. The minimum Gasteiger partial charge on any atom is -0.356 e. The number of allylic oxidation sites excluding steroid dienone is 1. The van der Waals surface area contributed by atoms with Gasteiger partial charge in [0.05, 0.1) is 12.1 Å². The Morgan fingerprint density at radius 1 is 1.15 bits per heavy atom. The van der Waals surface area contributed by atoms with Gasteiger partial charge in [-0.1, -0.05) is 26.8 Å². The van der Waals surface area contributed by atoms with Crippen LogP contribution in [0.5, 0.6) is 0 Å². The highest BCUT2D eigenvalue weighted by molar-refractivity contribution is 5.93. The molecule has 0 aromatic heterocycles. The largest absolute Gasteiger partial charge is 0.356 e. The topological polar surface area (TPSA) is 108 Å². The number of rotatable bonds is 15. The first-order valence-corrected chi connectivity index (χ1v) is 11.5. The summed E-state index contributed by atoms with van der Waals surface area (Å²) in [5, 5.41) is 5.48. The van der Waals surface area contributed by atoms with Crippen LogP contribution in [0.15, 0.2) is 24.4 Å². The van der Waals surface area contributed by atoms with Crippen molar-refractivity contribution in [2.24, 2.45) is 5.92 Å². The van der Waals surface area contributed by atoms with Gasteiger partial charge in [-0.15, -0.1) is 0 Å². The van der Waals surface area contributed by atoms with Gasteiger partial charge in [-0.2, -0.15) is 0 Å². The van der Waals surface area contributed by atoms with E-state index in [1.807, 2.05) is 13.8 Å². The summed E-state index contributed by atoms with van der Waals surface area (Å²) in [6, 6.07) is -0.372. The lowest BCUT2D eigenvalue weighted by Crippen LogP contribution is -2.43. The zero-order valence-corrected chi connectivity index (χ0v) is 20.7. The Hall–Kier alpha value is -2.68. The molecule has 9 heteroatoms. The van der Waals surface area contributed by atoms with Crippen LogP contribution < -0.4 is 10.6 Å². The molecular formula is C24H40N4O5. The van der Waals surface area contributed by atoms with Gasteiger partial charge in [0.1, 0.15) is 6.73 Å². The average molecular weight is 465 g/mol. The Kier molecular flexibility index (Phi) is 11.8. The number of hydrogen-bond acceptors (Lipinski definition) is 5. The fourth-order valence-electron chi connectivity index (χ4n) is 2.97. The molecule has 0 aromatic rings. The SMILES string of the molecule is C=C1C=CC(=O)N1CCCCCC(=O)NCCC(C)(C)OCN(C)C(=O)NCC(=O)C(C)C. The van der Waals surface area contributed by atoms with Crippen LogP contribution >= 0.6 is 0 Å². The molecular weight excluding hydrogens is 424 g/mol. The zero-order valence-electron chi connectivity index (χ0n) is 20.7. The van der Waals surface area contributed by atoms with Crippen molar-refractivity contribution in [3.05, 3.63) is 24.4 Å². The molecule has 4 amide bonds. The lowest BCUT2D eigenvalue weighted by atomic mass is 10.1. The maximum atomic E-state index is 12.1. The quantitative estimate of drug-likeness (QED) is 0.286. The van der Waals surface area contributed by atoms with Crippen LogP contribution in [0.4, 0.5) is 4.79 Å². The molecule has 1 aliphatic heterocycles. The number of carbonyl (C=O) groups is 4. The number of urea groups is 1. The molecule has 186 valence electrons. The lowest BCUT2D eigenvalue weighted by Gasteiger charge is -2.28. The molecule has 0 spiro atoms. The number of carbonyl (C=O) groups excluding carboxylic acids is 4. The molecule has 0 aromatic carbocycles. The molecule has 0 radical (unpaired) electrons. The van der Waals surface area contributed by atoms with E-state index in [2.05, 4.69) is 17.2 Å². The van der Waals surface area contributed by atoms with E-state index < -0.39 is 5.60 Å². The maximum Gasteiger partial charge on any atom is 0.319 e. The molecule has 0 saturated carbocycles. The third kappa shape index (κ3) is 11.1. The fraction of sp³-hybridized carbons (Fsp3) is 0.667. The van der Waals surface area contributed by atoms with Crippen LogP contribution in [-0.4, -0.2) is 72.4 Å². The minimum atomic E-state index is -0.533. The van der Waals surface area contributed by atoms with Crippen LogP contribution in [0.2, 0.25) is 0 Å². The van der Waals surface area contributed by atoms with Crippen molar-refractivity contribution >= 4 is 23.6 Å². The molecule has 1 aliphatic rings. The van der Waals surface area contributed by atoms with Crippen LogP contribution in [0.25, 0.3) is 0 Å². The lowest BCUT2D eigenvalue weighted by molar-refractivity contribution is -0.123. The van der Waals surface area contributed by atoms with Crippen LogP contribution in [0.1, 0.15) is 59.8 Å². The summed E-state index contributed by atoms with van der Waals surface area (Å²) in [6.07, 6.45) is 6.70. The minimum absolute atomic E-state index is 0.000848. The second-order valence-electron chi connectivity index (χ2n) is 9.24. The zero-order chi connectivity index (χ0) is 25.0. The summed E-state index contributed by atoms with van der Waals surface area (Å²) in [6.45, 7) is 12.4. The van der Waals surface area contributed by atoms with Gasteiger partial charge in [-0.25, -0.2) is 4.79 Å². The van der Waals surface area contributed by atoms with E-state index in [0.29, 0.717) is 25.9 Å². The number of Topliss-reactive ketones (excluding diaryl/α,β-unsaturated/α-hetero) is 1. The summed E-state index contributed by atoms with van der Waals surface area (Å²) in [5.74, 6) is -0.200. The van der Waals surface area contributed by atoms with Crippen molar-refractivity contribution in [2.75, 3.05) is 33.4 Å². The third-order valence-corrected chi connectivity index (χ3v) is 5.42. The van der Waals surface area contributed by atoms with E-state index in [1.54, 1.807) is 31.9 Å². The average Bonchev–Trinajstić information content (AvgIpc) is 3.07. The van der Waals surface area contributed by atoms with E-state index in [-0.39, 0.29) is 42.8 Å². The van der Waals surface area contributed by atoms with E-state index >= 15 is 0 Å². The van der Waals surface area contributed by atoms with E-state index in [1.165, 1.54) is 11.0 Å². The van der Waals surface area contributed by atoms with Gasteiger partial charge in [0.15, 0.2) is 5.78 Å². The number of amides is 4. The maximum absolute atomic E-state index is 12.1. The first kappa shape index (κ1) is 28.4. The molecule has 0 aliphatic carbocycles. The predicted octanol–water partition coefficient (Wildman–Crippen LogP) is 2.58. The number of ether oxygens (including phenoxy) is 1. The summed E-state index contributed by atoms with van der Waals surface area (Å²) < 4.78 is 5.81. The van der Waals surface area contributed by atoms with Crippen LogP contribution in [0, 0.1) is 5.92 Å². The molecule has 9 nitrogen and oxygen atoms in total. The van der Waals surface area contributed by atoms with Crippen molar-refractivity contribution in [2.45, 2.75) is 65.4 Å². The van der Waals surface area contributed by atoms with Crippen molar-refractivity contribution in [1.29, 1.82) is 0 Å². The smallest absolute Gasteiger partial charge is 0.319 e. The van der Waals surface area contributed by atoms with E-state index in [9.17, 15) is 19.2 Å². The van der Waals surface area contributed by atoms with Crippen molar-refractivity contribution in [3.63, 3.8) is 0 Å². The van der Waals surface area contributed by atoms with Gasteiger partial charge in [-0.05, 0) is 39.2 Å². The molecule has 0 fully saturated rings. The molecule has 0 saturated heterocycles. The van der Waals surface area contributed by atoms with Gasteiger partial charge in [0.25, 0.3) is 5.91 Å². The number of nitrogens with one attached hydrogen (secondary N) is 2. The van der Waals surface area contributed by atoms with E-state index in [4.69, 9.17) is 4.74 Å². The number of unbranched alkanes of at least 4 members (excludes halogenated alkanes) is 2. The highest BCUT2D eigenvalue weighted by Crippen LogP contribution is 2.15. The highest BCUT2D eigenvalue weighted by atomic mass is 16.5. The van der Waals surface area contributed by atoms with Gasteiger partial charge < -0.3 is 25.2 Å². The van der Waals surface area contributed by atoms with Crippen LogP contribution in [-0.2, 0) is 19.1 Å². The van der Waals surface area contributed by atoms with Crippen LogP contribution in [0.3, 0.4) is 0 Å². The van der Waals surface area contributed by atoms with E-state index in [0.717, 1.165) is 25.0 Å². The Balaban J connectivity index is 2.14. The molecule has 2 N–H and O–H groups in total. The van der Waals surface area contributed by atoms with Gasteiger partial charge in [0, 0.05) is 44.2 Å². The van der Waals surface area contributed by atoms with Crippen molar-refractivity contribution < 1.29 is 23.9 Å². The Bertz CT molecular complexity index is 727. The first-order chi connectivity index (χ1) is 15.4. The number of hydrogen-bond donors (Lipinski definition) is 2. The predicted molar refractivity (Wildman–Crippen MR) is 127 cm³/mol. The Morgan fingerprint density at radius 3 is 2.45 bits per heavy atom. The van der Waals surface area contributed by atoms with Gasteiger partial charge in [-0.3, -0.25) is 14.4 Å². The van der Waals surface area contributed by atoms with Gasteiger partial charge >= 0.3 is 6.03 Å². The summed E-state index contributed by atoms with van der Waals surface area (Å²) in [5.41, 5.74) is 0.185. The summed E-state index contributed by atoms with van der Waals surface area (Å²) in [4.78, 5) is 50.3. The van der Waals surface area contributed by atoms with Crippen molar-refractivity contribution in [3.8, 4) is 0 Å². The standard InChI is InChI=1S/C24H40N4O5/c1-18(2)20(29)16-26-23(32)27(6)17-33-24(4,5)13-14-25-21(30)10-8-7-9-15-28-19(3)11-12-22(28)31/h11-12,18H,3,7-10,13-17H2,1-2,4-6H3,(H,25,30)(H,26,32). The first-order valence-electron chi connectivity index (χ1n) is 11.5. The normalized spacial score (nSPS) is 13.6. The highest BCUT2D eigenvalue weighted by Gasteiger charge is 2.21. The number of nitrogens with zero attached hydrogens (tertiary/aromatic N) is 2. The monoisotopic (exact) mass is 464 g/mol. The Morgan fingerprint density at radius 2 is 1.85 bits per heavy atom. The molecule has 33 heavy (non-hydrogen) atoms. The molecule has 1 heterocycles. The summed E-state index contributed by atoms with van der Waals surface area (Å²) in [7, 11) is 1.60. The molecule has 0 atom stereocenters. The molecule has 0 unspecified atom stereocenters. The summed E-state index contributed by atoms with van der Waals surface area (Å²) >= 11 is 0. The molecule has 0 bridgehead atoms. The molecule has 1 rings (SSSR count). The van der Waals surface area contributed by atoms with Crippen molar-refractivity contribution in [1.82, 2.24) is 20.4 Å². The second-order valence-corrected chi connectivity index (χ2v) is 9.24.